The second kappa shape index (κ2) is 4.80. The van der Waals surface area contributed by atoms with Gasteiger partial charge in [0.2, 0.25) is 10.0 Å². The van der Waals surface area contributed by atoms with E-state index in [9.17, 15) is 13.2 Å². The van der Waals surface area contributed by atoms with E-state index < -0.39 is 10.0 Å². The third-order valence-corrected chi connectivity index (χ3v) is 4.15. The lowest BCUT2D eigenvalue weighted by Crippen LogP contribution is -2.48. The van der Waals surface area contributed by atoms with Gasteiger partial charge in [0.25, 0.3) is 0 Å². The zero-order valence-electron chi connectivity index (χ0n) is 9.06. The fourth-order valence-electron chi connectivity index (χ4n) is 1.30. The molecule has 15 heavy (non-hydrogen) atoms. The first-order valence-corrected chi connectivity index (χ1v) is 6.47. The summed E-state index contributed by atoms with van der Waals surface area (Å²) in [4.78, 5) is 12.8. The van der Waals surface area contributed by atoms with Gasteiger partial charge in [0.15, 0.2) is 0 Å². The van der Waals surface area contributed by atoms with E-state index in [-0.39, 0.29) is 18.3 Å². The standard InChI is InChI=1S/C8H17N3O3S/c1-10(2)15(13,14)7-6-11-5-3-4-9-8(11)12/h3-7H2,1-2H3,(H,9,12). The highest BCUT2D eigenvalue weighted by atomic mass is 32.2. The molecule has 1 aliphatic rings. The Labute approximate surface area is 90.3 Å². The van der Waals surface area contributed by atoms with Crippen LogP contribution in [0.2, 0.25) is 0 Å². The van der Waals surface area contributed by atoms with Gasteiger partial charge in [-0.2, -0.15) is 0 Å². The van der Waals surface area contributed by atoms with Gasteiger partial charge in [-0.15, -0.1) is 0 Å². The number of carbonyl (C=O) groups excluding carboxylic acids is 1. The van der Waals surface area contributed by atoms with Crippen molar-refractivity contribution in [3.8, 4) is 0 Å². The molecule has 0 aromatic heterocycles. The number of hydrogen-bond acceptors (Lipinski definition) is 3. The lowest BCUT2D eigenvalue weighted by atomic mass is 10.3. The number of carbonyl (C=O) groups is 1. The molecular weight excluding hydrogens is 218 g/mol. The summed E-state index contributed by atoms with van der Waals surface area (Å²) in [6.07, 6.45) is 0.869. The summed E-state index contributed by atoms with van der Waals surface area (Å²) in [6, 6.07) is -0.171. The molecule has 1 saturated heterocycles. The van der Waals surface area contributed by atoms with Crippen molar-refractivity contribution in [1.82, 2.24) is 14.5 Å². The quantitative estimate of drug-likeness (QED) is 0.700. The zero-order valence-corrected chi connectivity index (χ0v) is 9.88. The van der Waals surface area contributed by atoms with Gasteiger partial charge in [-0.05, 0) is 6.42 Å². The molecule has 1 aliphatic heterocycles. The molecule has 0 spiro atoms. The van der Waals surface area contributed by atoms with E-state index in [1.165, 1.54) is 23.3 Å². The molecule has 0 aromatic rings. The molecule has 2 amide bonds. The molecular formula is C8H17N3O3S. The van der Waals surface area contributed by atoms with Crippen LogP contribution in [-0.4, -0.2) is 63.1 Å². The van der Waals surface area contributed by atoms with Crippen molar-refractivity contribution in [2.24, 2.45) is 0 Å². The molecule has 6 nitrogen and oxygen atoms in total. The first kappa shape index (κ1) is 12.3. The molecule has 1 heterocycles. The molecule has 1 rings (SSSR count). The van der Waals surface area contributed by atoms with Crippen LogP contribution in [0.3, 0.4) is 0 Å². The Morgan fingerprint density at radius 2 is 2.13 bits per heavy atom. The van der Waals surface area contributed by atoms with Crippen molar-refractivity contribution in [3.63, 3.8) is 0 Å². The van der Waals surface area contributed by atoms with Gasteiger partial charge in [-0.1, -0.05) is 0 Å². The van der Waals surface area contributed by atoms with Gasteiger partial charge in [0, 0.05) is 33.7 Å². The maximum Gasteiger partial charge on any atom is 0.317 e. The number of nitrogens with one attached hydrogen (secondary N) is 1. The fourth-order valence-corrected chi connectivity index (χ4v) is 2.12. The maximum absolute atomic E-state index is 11.4. The minimum Gasteiger partial charge on any atom is -0.338 e. The first-order valence-electron chi connectivity index (χ1n) is 4.86. The van der Waals surface area contributed by atoms with E-state index in [2.05, 4.69) is 5.32 Å². The van der Waals surface area contributed by atoms with Crippen LogP contribution in [0, 0.1) is 0 Å². The monoisotopic (exact) mass is 235 g/mol. The molecule has 1 N–H and O–H groups in total. The van der Waals surface area contributed by atoms with E-state index in [1.54, 1.807) is 0 Å². The predicted molar refractivity (Wildman–Crippen MR) is 57.1 cm³/mol. The summed E-state index contributed by atoms with van der Waals surface area (Å²) in [5, 5.41) is 2.68. The van der Waals surface area contributed by atoms with Crippen LogP contribution >= 0.6 is 0 Å². The highest BCUT2D eigenvalue weighted by Gasteiger charge is 2.21. The highest BCUT2D eigenvalue weighted by molar-refractivity contribution is 7.89. The summed E-state index contributed by atoms with van der Waals surface area (Å²) in [5.41, 5.74) is 0. The van der Waals surface area contributed by atoms with E-state index in [1.807, 2.05) is 0 Å². The topological polar surface area (TPSA) is 69.7 Å². The van der Waals surface area contributed by atoms with Crippen LogP contribution in [0.5, 0.6) is 0 Å². The molecule has 0 aromatic carbocycles. The van der Waals surface area contributed by atoms with Gasteiger partial charge in [-0.25, -0.2) is 17.5 Å². The Balaban J connectivity index is 2.46. The average Bonchev–Trinajstić information content (AvgIpc) is 2.16. The average molecular weight is 235 g/mol. The Kier molecular flexibility index (Phi) is 3.92. The smallest absolute Gasteiger partial charge is 0.317 e. The van der Waals surface area contributed by atoms with Crippen molar-refractivity contribution in [2.75, 3.05) is 39.5 Å². The van der Waals surface area contributed by atoms with Crippen molar-refractivity contribution in [1.29, 1.82) is 0 Å². The normalized spacial score (nSPS) is 18.1. The lowest BCUT2D eigenvalue weighted by molar-refractivity contribution is 0.189. The van der Waals surface area contributed by atoms with Crippen LogP contribution in [0.15, 0.2) is 0 Å². The second-order valence-electron chi connectivity index (χ2n) is 3.67. The van der Waals surface area contributed by atoms with Gasteiger partial charge >= 0.3 is 6.03 Å². The van der Waals surface area contributed by atoms with Crippen molar-refractivity contribution < 1.29 is 13.2 Å². The summed E-state index contributed by atoms with van der Waals surface area (Å²) in [5.74, 6) is -0.0204. The van der Waals surface area contributed by atoms with Gasteiger partial charge in [0.1, 0.15) is 0 Å². The van der Waals surface area contributed by atoms with Crippen LogP contribution in [-0.2, 0) is 10.0 Å². The SMILES string of the molecule is CN(C)S(=O)(=O)CCN1CCCNC1=O. The number of urea groups is 1. The van der Waals surface area contributed by atoms with Gasteiger partial charge in [0.05, 0.1) is 5.75 Å². The number of amides is 2. The molecule has 88 valence electrons. The number of nitrogens with zero attached hydrogens (tertiary/aromatic N) is 2. The number of sulfonamides is 1. The van der Waals surface area contributed by atoms with Crippen molar-refractivity contribution in [3.05, 3.63) is 0 Å². The Morgan fingerprint density at radius 1 is 1.47 bits per heavy atom. The molecule has 7 heteroatoms. The molecule has 0 unspecified atom stereocenters. The second-order valence-corrected chi connectivity index (χ2v) is 5.97. The molecule has 0 radical (unpaired) electrons. The van der Waals surface area contributed by atoms with Crippen molar-refractivity contribution >= 4 is 16.1 Å². The third-order valence-electron chi connectivity index (χ3n) is 2.34. The van der Waals surface area contributed by atoms with E-state index in [4.69, 9.17) is 0 Å². The summed E-state index contributed by atoms with van der Waals surface area (Å²) in [6.45, 7) is 1.57. The van der Waals surface area contributed by atoms with E-state index in [0.29, 0.717) is 13.1 Å². The fraction of sp³-hybridized carbons (Fsp3) is 0.875. The predicted octanol–water partition coefficient (Wildman–Crippen LogP) is -0.707. The Bertz CT molecular complexity index is 326. The Hall–Kier alpha value is -0.820. The number of rotatable bonds is 4. The van der Waals surface area contributed by atoms with E-state index in [0.717, 1.165) is 6.42 Å². The largest absolute Gasteiger partial charge is 0.338 e. The molecule has 0 bridgehead atoms. The van der Waals surface area contributed by atoms with Crippen molar-refractivity contribution in [2.45, 2.75) is 6.42 Å². The first-order chi connectivity index (χ1) is 6.93. The van der Waals surface area contributed by atoms with Crippen LogP contribution in [0.25, 0.3) is 0 Å². The Morgan fingerprint density at radius 3 is 2.67 bits per heavy atom. The molecule has 1 fully saturated rings. The van der Waals surface area contributed by atoms with Crippen LogP contribution in [0.4, 0.5) is 4.79 Å². The number of hydrogen-bond donors (Lipinski definition) is 1. The third kappa shape index (κ3) is 3.35. The van der Waals surface area contributed by atoms with Gasteiger partial charge < -0.3 is 10.2 Å². The van der Waals surface area contributed by atoms with Crippen LogP contribution < -0.4 is 5.32 Å². The minimum absolute atomic E-state index is 0.0204. The molecule has 0 aliphatic carbocycles. The minimum atomic E-state index is -3.21. The molecule has 0 saturated carbocycles. The summed E-state index contributed by atoms with van der Waals surface area (Å²) < 4.78 is 24.1. The van der Waals surface area contributed by atoms with Gasteiger partial charge in [-0.3, -0.25) is 0 Å². The zero-order chi connectivity index (χ0) is 11.5. The van der Waals surface area contributed by atoms with Crippen LogP contribution in [0.1, 0.15) is 6.42 Å². The maximum atomic E-state index is 11.4. The molecule has 0 atom stereocenters. The lowest BCUT2D eigenvalue weighted by Gasteiger charge is -2.27. The summed E-state index contributed by atoms with van der Waals surface area (Å²) in [7, 11) is -0.226. The summed E-state index contributed by atoms with van der Waals surface area (Å²) >= 11 is 0. The van der Waals surface area contributed by atoms with E-state index >= 15 is 0 Å². The highest BCUT2D eigenvalue weighted by Crippen LogP contribution is 2.01.